The monoisotopic (exact) mass is 557 g/mol. The Morgan fingerprint density at radius 1 is 1.08 bits per heavy atom. The number of aliphatic hydroxyl groups is 1. The first-order valence-electron chi connectivity index (χ1n) is 13.5. The molecule has 1 aliphatic heterocycles. The highest BCUT2D eigenvalue weighted by atomic mass is 35.5. The van der Waals surface area contributed by atoms with Gasteiger partial charge in [-0.15, -0.1) is 0 Å². The third-order valence-corrected chi connectivity index (χ3v) is 7.82. The van der Waals surface area contributed by atoms with Crippen LogP contribution in [-0.2, 0) is 28.2 Å². The lowest BCUT2D eigenvalue weighted by Gasteiger charge is -2.38. The van der Waals surface area contributed by atoms with Crippen LogP contribution in [0.2, 0.25) is 5.02 Å². The van der Waals surface area contributed by atoms with Crippen molar-refractivity contribution in [3.8, 4) is 0 Å². The molecule has 1 aromatic heterocycles. The third kappa shape index (κ3) is 6.10. The molecule has 4 amide bonds. The van der Waals surface area contributed by atoms with Crippen LogP contribution >= 0.6 is 11.6 Å². The van der Waals surface area contributed by atoms with E-state index in [4.69, 9.17) is 16.3 Å². The Bertz CT molecular complexity index is 1230. The summed E-state index contributed by atoms with van der Waals surface area (Å²) in [5.41, 5.74) is -0.731. The maximum atomic E-state index is 14.3. The second-order valence-corrected chi connectivity index (χ2v) is 12.0. The van der Waals surface area contributed by atoms with Gasteiger partial charge in [0.15, 0.2) is 0 Å². The maximum absolute atomic E-state index is 14.3. The van der Waals surface area contributed by atoms with Crippen LogP contribution in [-0.4, -0.2) is 50.8 Å². The number of likely N-dealkylation sites (tertiary alicyclic amines) is 1. The van der Waals surface area contributed by atoms with Crippen molar-refractivity contribution in [1.82, 2.24) is 15.6 Å². The van der Waals surface area contributed by atoms with Gasteiger partial charge in [-0.2, -0.15) is 4.48 Å². The van der Waals surface area contributed by atoms with Gasteiger partial charge in [-0.25, -0.2) is 14.4 Å². The number of hydrogen-bond donors (Lipinski definition) is 3. The number of nitrogens with one attached hydrogen (secondary N) is 2. The number of amides is 4. The molecule has 1 saturated carbocycles. The molecule has 3 atom stereocenters. The molecular weight excluding hydrogens is 520 g/mol. The molecule has 2 unspecified atom stereocenters. The number of halogens is 1. The molecule has 1 aliphatic carbocycles. The highest BCUT2D eigenvalue weighted by Crippen LogP contribution is 2.48. The number of aromatic nitrogens is 1. The number of ether oxygens (including phenoxy) is 1. The average Bonchev–Trinajstić information content (AvgIpc) is 3.67. The lowest BCUT2D eigenvalue weighted by molar-refractivity contribution is -0.789. The van der Waals surface area contributed by atoms with E-state index in [1.165, 1.54) is 0 Å². The Kier molecular flexibility index (Phi) is 8.35. The number of benzene rings is 1. The van der Waals surface area contributed by atoms with Gasteiger partial charge < -0.3 is 20.5 Å². The summed E-state index contributed by atoms with van der Waals surface area (Å²) >= 11 is 6.26. The van der Waals surface area contributed by atoms with E-state index in [0.717, 1.165) is 5.56 Å². The summed E-state index contributed by atoms with van der Waals surface area (Å²) in [6.45, 7) is 7.81. The number of carbonyl (C=O) groups excluding carboxylic acids is 3. The fourth-order valence-electron chi connectivity index (χ4n) is 5.38. The van der Waals surface area contributed by atoms with E-state index >= 15 is 0 Å². The van der Waals surface area contributed by atoms with Gasteiger partial charge in [-0.1, -0.05) is 23.7 Å². The molecule has 2 heterocycles. The highest BCUT2D eigenvalue weighted by molar-refractivity contribution is 6.30. The fraction of sp³-hybridized carbons (Fsp3) is 0.517. The number of rotatable bonds is 7. The molecule has 3 N–H and O–H groups in total. The first-order valence-corrected chi connectivity index (χ1v) is 13.8. The first-order chi connectivity index (χ1) is 18.4. The summed E-state index contributed by atoms with van der Waals surface area (Å²) in [4.78, 5) is 44.7. The van der Waals surface area contributed by atoms with Crippen molar-refractivity contribution < 1.29 is 28.7 Å². The lowest BCUT2D eigenvalue weighted by atomic mass is 9.89. The molecule has 2 aromatic rings. The minimum Gasteiger partial charge on any atom is -0.444 e. The summed E-state index contributed by atoms with van der Waals surface area (Å²) < 4.78 is 4.83. The van der Waals surface area contributed by atoms with Crippen molar-refractivity contribution >= 4 is 29.6 Å². The Balaban J connectivity index is 1.56. The molecule has 1 saturated heterocycles. The molecule has 0 radical (unpaired) electrons. The largest absolute Gasteiger partial charge is 0.444 e. The Labute approximate surface area is 234 Å². The standard InChI is InChI=1S/C29H37ClN4O5/c1-19-8-7-15-34(19,25(35)29(38,22-11-12-22)24-9-5-6-14-31-24)26(36)32-18-21-16-23(30)13-10-20(21)17-33-27(37)39-28(2,3)4/h5-6,9-10,13-14,16,19,22,38H,7-8,11-12,15,17-18H2,1-4H3,(H-,32,33,36,37)/p+1/t19-,29?,34?/m1/s1. The maximum Gasteiger partial charge on any atom is 0.424 e. The van der Waals surface area contributed by atoms with Gasteiger partial charge in [-0.05, 0) is 75.9 Å². The zero-order chi connectivity index (χ0) is 28.4. The van der Waals surface area contributed by atoms with Crippen molar-refractivity contribution in [3.63, 3.8) is 0 Å². The van der Waals surface area contributed by atoms with Crippen molar-refractivity contribution in [2.24, 2.45) is 5.92 Å². The molecule has 10 heteroatoms. The van der Waals surface area contributed by atoms with Gasteiger partial charge in [0.05, 0.1) is 12.2 Å². The molecular formula is C29H38ClN4O5+. The Morgan fingerprint density at radius 2 is 1.79 bits per heavy atom. The molecule has 210 valence electrons. The molecule has 39 heavy (non-hydrogen) atoms. The van der Waals surface area contributed by atoms with Crippen LogP contribution in [0.3, 0.4) is 0 Å². The number of quaternary nitrogens is 1. The number of carbonyl (C=O) groups is 3. The van der Waals surface area contributed by atoms with Crippen LogP contribution in [0.1, 0.15) is 70.2 Å². The molecule has 4 rings (SSSR count). The number of imide groups is 1. The molecule has 2 fully saturated rings. The summed E-state index contributed by atoms with van der Waals surface area (Å²) in [7, 11) is 0. The van der Waals surface area contributed by atoms with E-state index in [9.17, 15) is 19.5 Å². The first kappa shape index (κ1) is 29.0. The lowest BCUT2D eigenvalue weighted by Crippen LogP contribution is -2.68. The van der Waals surface area contributed by atoms with Crippen LogP contribution in [0.15, 0.2) is 42.6 Å². The van der Waals surface area contributed by atoms with E-state index in [0.29, 0.717) is 42.8 Å². The molecule has 0 bridgehead atoms. The van der Waals surface area contributed by atoms with Crippen molar-refractivity contribution in [2.45, 2.75) is 83.7 Å². The Morgan fingerprint density at radius 3 is 2.38 bits per heavy atom. The number of alkyl carbamates (subject to hydrolysis) is 1. The van der Waals surface area contributed by atoms with Gasteiger partial charge in [0.1, 0.15) is 11.6 Å². The minimum absolute atomic E-state index is 0.0934. The van der Waals surface area contributed by atoms with Gasteiger partial charge in [0.2, 0.25) is 5.60 Å². The number of pyridine rings is 1. The third-order valence-electron chi connectivity index (χ3n) is 7.58. The smallest absolute Gasteiger partial charge is 0.424 e. The zero-order valence-electron chi connectivity index (χ0n) is 23.0. The van der Waals surface area contributed by atoms with Crippen LogP contribution in [0, 0.1) is 5.92 Å². The summed E-state index contributed by atoms with van der Waals surface area (Å²) in [6, 6.07) is 9.57. The highest BCUT2D eigenvalue weighted by Gasteiger charge is 2.65. The van der Waals surface area contributed by atoms with Gasteiger partial charge in [-0.3, -0.25) is 4.98 Å². The van der Waals surface area contributed by atoms with E-state index in [-0.39, 0.29) is 30.7 Å². The number of urea groups is 1. The zero-order valence-corrected chi connectivity index (χ0v) is 23.8. The average molecular weight is 558 g/mol. The van der Waals surface area contributed by atoms with Crippen LogP contribution in [0.5, 0.6) is 0 Å². The Hall–Kier alpha value is -3.01. The summed E-state index contributed by atoms with van der Waals surface area (Å²) in [5.74, 6) is -0.793. The van der Waals surface area contributed by atoms with Crippen molar-refractivity contribution in [2.75, 3.05) is 6.54 Å². The van der Waals surface area contributed by atoms with Gasteiger partial charge in [0.25, 0.3) is 0 Å². The van der Waals surface area contributed by atoms with Crippen LogP contribution in [0.4, 0.5) is 9.59 Å². The SMILES string of the molecule is C[C@@H]1CCC[N+]1(C(=O)NCc1cc(Cl)ccc1CNC(=O)OC(C)(C)C)C(=O)C(O)(c1ccccn1)C1CC1. The van der Waals surface area contributed by atoms with Crippen molar-refractivity contribution in [3.05, 3.63) is 64.4 Å². The molecule has 0 spiro atoms. The second-order valence-electron chi connectivity index (χ2n) is 11.6. The second kappa shape index (κ2) is 11.2. The number of hydrogen-bond acceptors (Lipinski definition) is 6. The normalized spacial score (nSPS) is 22.6. The summed E-state index contributed by atoms with van der Waals surface area (Å²) in [6.07, 6.45) is 3.77. The predicted molar refractivity (Wildman–Crippen MR) is 146 cm³/mol. The van der Waals surface area contributed by atoms with Crippen LogP contribution < -0.4 is 10.6 Å². The van der Waals surface area contributed by atoms with E-state index < -0.39 is 33.7 Å². The molecule has 2 aliphatic rings. The summed E-state index contributed by atoms with van der Waals surface area (Å²) in [5, 5.41) is 18.0. The fourth-order valence-corrected chi connectivity index (χ4v) is 5.58. The van der Waals surface area contributed by atoms with E-state index in [1.54, 1.807) is 63.4 Å². The molecule has 9 nitrogen and oxygen atoms in total. The van der Waals surface area contributed by atoms with E-state index in [2.05, 4.69) is 15.6 Å². The quantitative estimate of drug-likeness (QED) is 0.421. The topological polar surface area (TPSA) is 118 Å². The van der Waals surface area contributed by atoms with Crippen LogP contribution in [0.25, 0.3) is 0 Å². The predicted octanol–water partition coefficient (Wildman–Crippen LogP) is 4.79. The van der Waals surface area contributed by atoms with Crippen molar-refractivity contribution in [1.29, 1.82) is 0 Å². The minimum atomic E-state index is -1.84. The van der Waals surface area contributed by atoms with Gasteiger partial charge >= 0.3 is 18.0 Å². The van der Waals surface area contributed by atoms with E-state index in [1.807, 2.05) is 6.92 Å². The van der Waals surface area contributed by atoms with Gasteiger partial charge in [0, 0.05) is 43.1 Å². The number of nitrogens with zero attached hydrogens (tertiary/aromatic N) is 2. The molecule has 1 aromatic carbocycles.